The molecule has 0 heterocycles. The third-order valence-corrected chi connectivity index (χ3v) is 1.52. The fourth-order valence-electron chi connectivity index (χ4n) is 0.792. The number of halogens is 1. The van der Waals surface area contributed by atoms with Crippen LogP contribution in [0.4, 0.5) is 4.39 Å². The molecular weight excluding hydrogens is 171 g/mol. The summed E-state index contributed by atoms with van der Waals surface area (Å²) >= 11 is 0. The lowest BCUT2D eigenvalue weighted by molar-refractivity contribution is 0.112. The lowest BCUT2D eigenvalue weighted by Gasteiger charge is -2.01. The Morgan fingerprint density at radius 2 is 1.92 bits per heavy atom. The molecule has 2 nitrogen and oxygen atoms in total. The minimum Gasteiger partial charge on any atom is -0.507 e. The van der Waals surface area contributed by atoms with E-state index in [1.54, 1.807) is 0 Å². The van der Waals surface area contributed by atoms with Gasteiger partial charge in [-0.1, -0.05) is 13.8 Å². The lowest BCUT2D eigenvalue weighted by Crippen LogP contribution is -1.88. The molecule has 72 valence electrons. The van der Waals surface area contributed by atoms with Gasteiger partial charge in [0.2, 0.25) is 0 Å². The van der Waals surface area contributed by atoms with Crippen LogP contribution in [0, 0.1) is 12.7 Å². The molecule has 0 radical (unpaired) electrons. The molecule has 0 spiro atoms. The number of carbonyl (C=O) groups excluding carboxylic acids is 1. The summed E-state index contributed by atoms with van der Waals surface area (Å²) in [5, 5.41) is 9.11. The van der Waals surface area contributed by atoms with E-state index >= 15 is 0 Å². The first-order chi connectivity index (χ1) is 6.16. The highest BCUT2D eigenvalue weighted by molar-refractivity contribution is 5.79. The molecule has 1 N–H and O–H groups in total. The average Bonchev–Trinajstić information content (AvgIpc) is 2.18. The van der Waals surface area contributed by atoms with E-state index in [0.717, 1.165) is 6.07 Å². The van der Waals surface area contributed by atoms with Gasteiger partial charge in [-0.2, -0.15) is 0 Å². The quantitative estimate of drug-likeness (QED) is 0.681. The van der Waals surface area contributed by atoms with Crippen LogP contribution in [0.5, 0.6) is 5.75 Å². The fraction of sp³-hybridized carbons (Fsp3) is 0.300. The molecule has 0 saturated carbocycles. The second-order valence-electron chi connectivity index (χ2n) is 2.23. The topological polar surface area (TPSA) is 37.3 Å². The van der Waals surface area contributed by atoms with E-state index in [1.165, 1.54) is 13.0 Å². The van der Waals surface area contributed by atoms with Crippen molar-refractivity contribution in [3.8, 4) is 5.75 Å². The maximum Gasteiger partial charge on any atom is 0.153 e. The molecule has 0 unspecified atom stereocenters. The van der Waals surface area contributed by atoms with Crippen LogP contribution in [0.1, 0.15) is 29.8 Å². The predicted molar refractivity (Wildman–Crippen MR) is 49.5 cm³/mol. The minimum absolute atomic E-state index is 0.106. The Bertz CT molecular complexity index is 295. The van der Waals surface area contributed by atoms with Gasteiger partial charge in [-0.25, -0.2) is 4.39 Å². The van der Waals surface area contributed by atoms with Crippen LogP contribution >= 0.6 is 0 Å². The normalized spacial score (nSPS) is 8.62. The molecule has 1 aromatic rings. The standard InChI is InChI=1S/C8H7FO2.C2H6/c1-5-7(9)3-2-6(4-10)8(5)11;1-2/h2-4,11H,1H3;1-2H3. The summed E-state index contributed by atoms with van der Waals surface area (Å²) in [6.45, 7) is 5.41. The van der Waals surface area contributed by atoms with E-state index in [2.05, 4.69) is 0 Å². The smallest absolute Gasteiger partial charge is 0.153 e. The van der Waals surface area contributed by atoms with Gasteiger partial charge in [0.15, 0.2) is 6.29 Å². The highest BCUT2D eigenvalue weighted by Crippen LogP contribution is 2.22. The van der Waals surface area contributed by atoms with Crippen LogP contribution in [-0.2, 0) is 0 Å². The number of phenolic OH excluding ortho intramolecular Hbond substituents is 1. The van der Waals surface area contributed by atoms with Gasteiger partial charge in [0.1, 0.15) is 11.6 Å². The van der Waals surface area contributed by atoms with Gasteiger partial charge in [0.25, 0.3) is 0 Å². The Hall–Kier alpha value is -1.38. The number of hydrogen-bond donors (Lipinski definition) is 1. The van der Waals surface area contributed by atoms with Gasteiger partial charge < -0.3 is 5.11 Å². The van der Waals surface area contributed by atoms with Crippen LogP contribution in [0.25, 0.3) is 0 Å². The Morgan fingerprint density at radius 3 is 2.38 bits per heavy atom. The zero-order chi connectivity index (χ0) is 10.4. The second kappa shape index (κ2) is 5.30. The Kier molecular flexibility index (Phi) is 4.74. The number of hydrogen-bond acceptors (Lipinski definition) is 2. The van der Waals surface area contributed by atoms with Crippen LogP contribution < -0.4 is 0 Å². The number of aromatic hydroxyl groups is 1. The van der Waals surface area contributed by atoms with Crippen molar-refractivity contribution in [2.45, 2.75) is 20.8 Å². The van der Waals surface area contributed by atoms with Crippen LogP contribution in [0.15, 0.2) is 12.1 Å². The summed E-state index contributed by atoms with van der Waals surface area (Å²) in [5.41, 5.74) is 0.221. The monoisotopic (exact) mass is 184 g/mol. The molecule has 0 bridgehead atoms. The van der Waals surface area contributed by atoms with E-state index in [-0.39, 0.29) is 16.9 Å². The first kappa shape index (κ1) is 11.6. The van der Waals surface area contributed by atoms with Crippen molar-refractivity contribution in [2.24, 2.45) is 0 Å². The first-order valence-corrected chi connectivity index (χ1v) is 4.10. The van der Waals surface area contributed by atoms with Gasteiger partial charge >= 0.3 is 0 Å². The minimum atomic E-state index is -0.506. The van der Waals surface area contributed by atoms with E-state index in [0.29, 0.717) is 6.29 Å². The summed E-state index contributed by atoms with van der Waals surface area (Å²) < 4.78 is 12.6. The molecule has 1 rings (SSSR count). The maximum atomic E-state index is 12.6. The summed E-state index contributed by atoms with van der Waals surface area (Å²) in [6, 6.07) is 2.39. The fourth-order valence-corrected chi connectivity index (χ4v) is 0.792. The second-order valence-corrected chi connectivity index (χ2v) is 2.23. The molecular formula is C10H13FO2. The predicted octanol–water partition coefficient (Wildman–Crippen LogP) is 2.68. The largest absolute Gasteiger partial charge is 0.507 e. The number of carbonyl (C=O) groups is 1. The Labute approximate surface area is 77.0 Å². The number of benzene rings is 1. The van der Waals surface area contributed by atoms with E-state index in [1.807, 2.05) is 13.8 Å². The molecule has 0 aromatic heterocycles. The molecule has 0 aliphatic carbocycles. The number of rotatable bonds is 1. The molecule has 13 heavy (non-hydrogen) atoms. The lowest BCUT2D eigenvalue weighted by atomic mass is 10.1. The van der Waals surface area contributed by atoms with E-state index in [4.69, 9.17) is 5.11 Å². The zero-order valence-corrected chi connectivity index (χ0v) is 7.97. The van der Waals surface area contributed by atoms with Crippen molar-refractivity contribution in [1.29, 1.82) is 0 Å². The van der Waals surface area contributed by atoms with Crippen LogP contribution in [0.2, 0.25) is 0 Å². The highest BCUT2D eigenvalue weighted by atomic mass is 19.1. The van der Waals surface area contributed by atoms with Gasteiger partial charge in [0, 0.05) is 5.56 Å². The molecule has 1 aromatic carbocycles. The SMILES string of the molecule is CC.Cc1c(F)ccc(C=O)c1O. The summed E-state index contributed by atoms with van der Waals surface area (Å²) in [7, 11) is 0. The molecule has 0 aliphatic rings. The molecule has 0 amide bonds. The van der Waals surface area contributed by atoms with Gasteiger partial charge in [0.05, 0.1) is 5.56 Å². The van der Waals surface area contributed by atoms with E-state index < -0.39 is 5.82 Å². The molecule has 0 atom stereocenters. The maximum absolute atomic E-state index is 12.6. The third-order valence-electron chi connectivity index (χ3n) is 1.52. The number of aldehydes is 1. The first-order valence-electron chi connectivity index (χ1n) is 4.10. The highest BCUT2D eigenvalue weighted by Gasteiger charge is 2.06. The molecule has 0 fully saturated rings. The third kappa shape index (κ3) is 2.54. The average molecular weight is 184 g/mol. The zero-order valence-electron chi connectivity index (χ0n) is 7.97. The summed E-state index contributed by atoms with van der Waals surface area (Å²) in [4.78, 5) is 10.2. The van der Waals surface area contributed by atoms with Crippen molar-refractivity contribution in [3.05, 3.63) is 29.1 Å². The Balaban J connectivity index is 0.000000671. The van der Waals surface area contributed by atoms with Crippen molar-refractivity contribution in [2.75, 3.05) is 0 Å². The molecule has 3 heteroatoms. The summed E-state index contributed by atoms with van der Waals surface area (Å²) in [6.07, 6.45) is 0.488. The van der Waals surface area contributed by atoms with Gasteiger partial charge in [-0.05, 0) is 19.1 Å². The Morgan fingerprint density at radius 1 is 1.38 bits per heavy atom. The van der Waals surface area contributed by atoms with Crippen LogP contribution in [0.3, 0.4) is 0 Å². The van der Waals surface area contributed by atoms with Crippen molar-refractivity contribution in [1.82, 2.24) is 0 Å². The van der Waals surface area contributed by atoms with Crippen LogP contribution in [-0.4, -0.2) is 11.4 Å². The van der Waals surface area contributed by atoms with Crippen molar-refractivity contribution >= 4 is 6.29 Å². The summed E-state index contributed by atoms with van der Waals surface area (Å²) in [5.74, 6) is -0.784. The molecule has 0 aliphatic heterocycles. The van der Waals surface area contributed by atoms with Gasteiger partial charge in [-0.3, -0.25) is 4.79 Å². The van der Waals surface area contributed by atoms with E-state index in [9.17, 15) is 9.18 Å². The van der Waals surface area contributed by atoms with Gasteiger partial charge in [-0.15, -0.1) is 0 Å². The number of phenols is 1. The van der Waals surface area contributed by atoms with Crippen molar-refractivity contribution in [3.63, 3.8) is 0 Å². The molecule has 0 saturated heterocycles. The van der Waals surface area contributed by atoms with Crippen molar-refractivity contribution < 1.29 is 14.3 Å².